The van der Waals surface area contributed by atoms with Crippen LogP contribution in [0.25, 0.3) is 0 Å². The van der Waals surface area contributed by atoms with Crippen molar-refractivity contribution in [2.45, 2.75) is 36.9 Å². The van der Waals surface area contributed by atoms with Crippen LogP contribution < -0.4 is 51.4 Å². The monoisotopic (exact) mass is 264 g/mol. The molecule has 3 aliphatic carbocycles. The Morgan fingerprint density at radius 2 is 1.71 bits per heavy atom. The Morgan fingerprint density at radius 3 is 2.18 bits per heavy atom. The zero-order valence-electron chi connectivity index (χ0n) is 10.1. The molecule has 0 saturated heterocycles. The van der Waals surface area contributed by atoms with Crippen molar-refractivity contribution in [3.05, 3.63) is 35.4 Å². The molecule has 2 bridgehead atoms. The van der Waals surface area contributed by atoms with Crippen molar-refractivity contribution in [3.8, 4) is 0 Å². The van der Waals surface area contributed by atoms with Gasteiger partial charge in [0.1, 0.15) is 0 Å². The van der Waals surface area contributed by atoms with Crippen LogP contribution in [-0.4, -0.2) is 6.98 Å². The van der Waals surface area contributed by atoms with Crippen LogP contribution in [0.4, 0.5) is 12.9 Å². The number of benzene rings is 1. The van der Waals surface area contributed by atoms with Crippen LogP contribution in [0, 0.1) is 6.92 Å². The molecule has 5 heteroatoms. The van der Waals surface area contributed by atoms with Gasteiger partial charge in [-0.3, -0.25) is 0 Å². The van der Waals surface area contributed by atoms with E-state index in [2.05, 4.69) is 0 Å². The van der Waals surface area contributed by atoms with Gasteiger partial charge in [-0.05, 0) is 17.9 Å². The molecule has 1 aromatic carbocycles. The molecule has 0 N–H and O–H groups in total. The van der Waals surface area contributed by atoms with E-state index in [9.17, 15) is 12.9 Å². The molecule has 3 aliphatic rings. The van der Waals surface area contributed by atoms with E-state index in [1.165, 1.54) is 0 Å². The number of hydrogen-bond acceptors (Lipinski definition) is 0. The van der Waals surface area contributed by atoms with Gasteiger partial charge < -0.3 is 12.9 Å². The Balaban J connectivity index is 0.00000108. The summed E-state index contributed by atoms with van der Waals surface area (Å²) < 4.78 is 38.3. The Hall–Kier alpha value is 0.711. The Bertz CT molecular complexity index is 436. The van der Waals surface area contributed by atoms with Crippen molar-refractivity contribution in [2.24, 2.45) is 0 Å². The van der Waals surface area contributed by atoms with E-state index in [1.54, 1.807) is 0 Å². The second kappa shape index (κ2) is 4.10. The maximum atomic E-state index is 12.8. The average Bonchev–Trinajstić information content (AvgIpc) is 1.95. The summed E-state index contributed by atoms with van der Waals surface area (Å²) in [6, 6.07) is 7.93. The van der Waals surface area contributed by atoms with Crippen molar-refractivity contribution in [2.75, 3.05) is 0 Å². The molecule has 3 saturated carbocycles. The average molecular weight is 264 g/mol. The molecule has 1 aromatic rings. The Labute approximate surface area is 142 Å². The minimum absolute atomic E-state index is 0. The molecule has 0 radical (unpaired) electrons. The fourth-order valence-electron chi connectivity index (χ4n) is 3.49. The summed E-state index contributed by atoms with van der Waals surface area (Å²) in [5.74, 6) is 0. The summed E-state index contributed by atoms with van der Waals surface area (Å²) in [6.45, 7) is -2.66. The molecular weight excluding hydrogens is 251 g/mol. The van der Waals surface area contributed by atoms with Gasteiger partial charge in [0, 0.05) is 0 Å². The third-order valence-electron chi connectivity index (χ3n) is 4.40. The molecule has 0 nitrogen and oxygen atoms in total. The molecule has 0 heterocycles. The predicted octanol–water partition coefficient (Wildman–Crippen LogP) is 1.02. The van der Waals surface area contributed by atoms with Gasteiger partial charge in [-0.1, -0.05) is 54.4 Å². The maximum absolute atomic E-state index is 12.8. The third-order valence-corrected chi connectivity index (χ3v) is 4.40. The smallest absolute Gasteiger partial charge is 0.449 e. The quantitative estimate of drug-likeness (QED) is 0.700. The Morgan fingerprint density at radius 1 is 1.12 bits per heavy atom. The van der Waals surface area contributed by atoms with Gasteiger partial charge in [-0.15, -0.1) is 0 Å². The van der Waals surface area contributed by atoms with Gasteiger partial charge in [-0.2, -0.15) is 0 Å². The predicted molar refractivity (Wildman–Crippen MR) is 58.5 cm³/mol. The summed E-state index contributed by atoms with van der Waals surface area (Å²) in [7, 11) is 0. The fraction of sp³-hybridized carbons (Fsp3) is 0.500. The summed E-state index contributed by atoms with van der Waals surface area (Å²) in [4.78, 5) is 0. The van der Waals surface area contributed by atoms with Gasteiger partial charge in [0.15, 0.2) is 0 Å². The van der Waals surface area contributed by atoms with Crippen molar-refractivity contribution >= 4 is 6.98 Å². The van der Waals surface area contributed by atoms with Crippen LogP contribution in [0.1, 0.15) is 30.4 Å². The zero-order chi connectivity index (χ0) is 11.6. The number of aryl methyl sites for hydroxylation is 1. The van der Waals surface area contributed by atoms with E-state index in [0.717, 1.165) is 11.1 Å². The van der Waals surface area contributed by atoms with E-state index < -0.39 is 12.3 Å². The van der Waals surface area contributed by atoms with Crippen LogP contribution in [0.5, 0.6) is 0 Å². The van der Waals surface area contributed by atoms with Crippen LogP contribution in [-0.2, 0) is 5.41 Å². The van der Waals surface area contributed by atoms with Crippen molar-refractivity contribution in [3.63, 3.8) is 0 Å². The van der Waals surface area contributed by atoms with Crippen LogP contribution >= 0.6 is 0 Å². The first-order chi connectivity index (χ1) is 7.37. The fourth-order valence-corrected chi connectivity index (χ4v) is 3.49. The Kier molecular flexibility index (Phi) is 3.41. The molecule has 0 spiro atoms. The molecule has 0 atom stereocenters. The summed E-state index contributed by atoms with van der Waals surface area (Å²) in [5, 5.41) is -1.27. The topological polar surface area (TPSA) is 0 Å². The first-order valence-corrected chi connectivity index (χ1v) is 5.64. The second-order valence-corrected chi connectivity index (χ2v) is 5.62. The second-order valence-electron chi connectivity index (χ2n) is 5.62. The summed E-state index contributed by atoms with van der Waals surface area (Å²) in [6.07, 6.45) is 0.979. The summed E-state index contributed by atoms with van der Waals surface area (Å²) in [5.41, 5.74) is 2.10. The number of rotatable bonds is 2. The van der Waals surface area contributed by atoms with Gasteiger partial charge in [0.2, 0.25) is 0 Å². The number of halogens is 3. The molecule has 0 amide bonds. The minimum atomic E-state index is -4.64. The molecule has 86 valence electrons. The molecule has 4 rings (SSSR count). The van der Waals surface area contributed by atoms with E-state index >= 15 is 0 Å². The number of hydrogen-bond donors (Lipinski definition) is 0. The first-order valence-electron chi connectivity index (χ1n) is 5.64. The largest absolute Gasteiger partial charge is 1.00 e. The van der Waals surface area contributed by atoms with E-state index in [1.807, 2.05) is 31.2 Å². The first kappa shape index (κ1) is 14.1. The van der Waals surface area contributed by atoms with E-state index in [0.29, 0.717) is 19.3 Å². The van der Waals surface area contributed by atoms with Crippen LogP contribution in [0.2, 0.25) is 5.31 Å². The molecular formula is C12H13BF3K. The maximum Gasteiger partial charge on any atom is 1.00 e. The SMILES string of the molecule is Cc1cccc(C23CC([B-](F)(F)F)(C2)C3)c1.[K+]. The van der Waals surface area contributed by atoms with Crippen LogP contribution in [0.15, 0.2) is 24.3 Å². The van der Waals surface area contributed by atoms with E-state index in [4.69, 9.17) is 0 Å². The van der Waals surface area contributed by atoms with Gasteiger partial charge in [0.25, 0.3) is 0 Å². The normalized spacial score (nSPS) is 34.4. The van der Waals surface area contributed by atoms with Crippen LogP contribution in [0.3, 0.4) is 0 Å². The van der Waals surface area contributed by atoms with Gasteiger partial charge >= 0.3 is 58.4 Å². The van der Waals surface area contributed by atoms with E-state index in [-0.39, 0.29) is 56.8 Å². The van der Waals surface area contributed by atoms with Gasteiger partial charge in [0.05, 0.1) is 0 Å². The standard InChI is InChI=1S/C12H13BF3.K/c1-9-3-2-4-10(5-9)11-6-12(7-11,8-11)13(14,15)16;/h2-5H,6-8H2,1H3;/q-1;+1. The molecule has 0 unspecified atom stereocenters. The molecule has 17 heavy (non-hydrogen) atoms. The molecule has 3 fully saturated rings. The summed E-state index contributed by atoms with van der Waals surface area (Å²) >= 11 is 0. The van der Waals surface area contributed by atoms with Crippen molar-refractivity contribution in [1.29, 1.82) is 0 Å². The third kappa shape index (κ3) is 1.89. The zero-order valence-corrected chi connectivity index (χ0v) is 13.3. The molecule has 0 aliphatic heterocycles. The van der Waals surface area contributed by atoms with Crippen molar-refractivity contribution < 1.29 is 64.3 Å². The van der Waals surface area contributed by atoms with Gasteiger partial charge in [-0.25, -0.2) is 0 Å². The van der Waals surface area contributed by atoms with Crippen molar-refractivity contribution in [1.82, 2.24) is 0 Å². The minimum Gasteiger partial charge on any atom is -0.449 e. The molecule has 0 aromatic heterocycles.